The van der Waals surface area contributed by atoms with Crippen LogP contribution in [-0.4, -0.2) is 31.8 Å². The second-order valence-electron chi connectivity index (χ2n) is 5.33. The Morgan fingerprint density at radius 3 is 2.96 bits per heavy atom. The molecule has 24 heavy (non-hydrogen) atoms. The molecule has 1 N–H and O–H groups in total. The van der Waals surface area contributed by atoms with Gasteiger partial charge in [0.1, 0.15) is 5.52 Å². The molecule has 0 radical (unpaired) electrons. The molecule has 4 aromatic rings. The number of methoxy groups -OCH3 is 1. The zero-order valence-corrected chi connectivity index (χ0v) is 12.9. The predicted molar refractivity (Wildman–Crippen MR) is 86.4 cm³/mol. The third-order valence-corrected chi connectivity index (χ3v) is 3.72. The summed E-state index contributed by atoms with van der Waals surface area (Å²) in [6.45, 7) is 0. The molecule has 7 nitrogen and oxygen atoms in total. The Morgan fingerprint density at radius 2 is 2.17 bits per heavy atom. The molecule has 0 aliphatic heterocycles. The summed E-state index contributed by atoms with van der Waals surface area (Å²) in [5.74, 6) is -0.225. The smallest absolute Gasteiger partial charge is 0.248 e. The third-order valence-electron chi connectivity index (χ3n) is 3.72. The summed E-state index contributed by atoms with van der Waals surface area (Å²) < 4.78 is 21.4. The van der Waals surface area contributed by atoms with Crippen LogP contribution in [0.15, 0.2) is 35.4 Å². The summed E-state index contributed by atoms with van der Waals surface area (Å²) in [7, 11) is 3.10. The van der Waals surface area contributed by atoms with Crippen molar-refractivity contribution in [2.45, 2.75) is 0 Å². The van der Waals surface area contributed by atoms with Gasteiger partial charge in [0.2, 0.25) is 5.56 Å². The van der Waals surface area contributed by atoms with Crippen molar-refractivity contribution in [2.75, 3.05) is 7.11 Å². The number of rotatable bonds is 2. The first-order valence-corrected chi connectivity index (χ1v) is 7.13. The fourth-order valence-corrected chi connectivity index (χ4v) is 2.67. The van der Waals surface area contributed by atoms with Crippen LogP contribution in [0.5, 0.6) is 5.75 Å². The van der Waals surface area contributed by atoms with E-state index in [-0.39, 0.29) is 16.8 Å². The summed E-state index contributed by atoms with van der Waals surface area (Å²) >= 11 is 0. The van der Waals surface area contributed by atoms with Crippen LogP contribution in [0.2, 0.25) is 0 Å². The van der Waals surface area contributed by atoms with E-state index in [0.717, 1.165) is 0 Å². The average molecular weight is 325 g/mol. The fourth-order valence-electron chi connectivity index (χ4n) is 2.67. The molecule has 120 valence electrons. The minimum atomic E-state index is -0.559. The van der Waals surface area contributed by atoms with Crippen molar-refractivity contribution in [3.8, 4) is 17.1 Å². The number of benzene rings is 1. The van der Waals surface area contributed by atoms with Gasteiger partial charge in [-0.2, -0.15) is 5.10 Å². The Hall–Kier alpha value is -3.29. The maximum atomic E-state index is 14.7. The fraction of sp³-hybridized carbons (Fsp3) is 0.125. The van der Waals surface area contributed by atoms with Gasteiger partial charge in [-0.1, -0.05) is 0 Å². The molecule has 3 heterocycles. The molecule has 1 aromatic carbocycles. The average Bonchev–Trinajstić information content (AvgIpc) is 2.95. The zero-order valence-electron chi connectivity index (χ0n) is 12.9. The van der Waals surface area contributed by atoms with E-state index in [4.69, 9.17) is 4.74 Å². The zero-order chi connectivity index (χ0) is 16.8. The lowest BCUT2D eigenvalue weighted by molar-refractivity contribution is 0.390. The number of aromatic amines is 1. The van der Waals surface area contributed by atoms with E-state index >= 15 is 0 Å². The second-order valence-corrected chi connectivity index (χ2v) is 5.33. The van der Waals surface area contributed by atoms with Gasteiger partial charge >= 0.3 is 0 Å². The SMILES string of the molecule is COc1c(-c2ncc3[nH]c(=O)ccc3n2)cc2cn(C)nc2c1F. The number of pyridine rings is 1. The van der Waals surface area contributed by atoms with Gasteiger partial charge in [-0.15, -0.1) is 0 Å². The summed E-state index contributed by atoms with van der Waals surface area (Å²) in [5, 5.41) is 4.72. The molecule has 0 spiro atoms. The van der Waals surface area contributed by atoms with Crippen LogP contribution in [0, 0.1) is 5.82 Å². The number of hydrogen-bond donors (Lipinski definition) is 1. The van der Waals surface area contributed by atoms with Crippen molar-refractivity contribution in [1.82, 2.24) is 24.7 Å². The van der Waals surface area contributed by atoms with Crippen molar-refractivity contribution in [3.05, 3.63) is 46.8 Å². The van der Waals surface area contributed by atoms with Gasteiger partial charge in [0.15, 0.2) is 17.4 Å². The number of aryl methyl sites for hydroxylation is 1. The number of halogens is 1. The van der Waals surface area contributed by atoms with Crippen LogP contribution in [-0.2, 0) is 7.05 Å². The first-order chi connectivity index (χ1) is 11.6. The largest absolute Gasteiger partial charge is 0.493 e. The molecular formula is C16H12FN5O2. The van der Waals surface area contributed by atoms with Crippen molar-refractivity contribution >= 4 is 21.9 Å². The van der Waals surface area contributed by atoms with Gasteiger partial charge < -0.3 is 9.72 Å². The number of hydrogen-bond acceptors (Lipinski definition) is 5. The lowest BCUT2D eigenvalue weighted by atomic mass is 10.1. The van der Waals surface area contributed by atoms with E-state index in [1.165, 1.54) is 24.1 Å². The summed E-state index contributed by atoms with van der Waals surface area (Å²) in [6.07, 6.45) is 3.20. The van der Waals surface area contributed by atoms with Crippen LogP contribution in [0.1, 0.15) is 0 Å². The molecule has 8 heteroatoms. The standard InChI is InChI=1S/C16H12FN5O2/c1-22-7-8-5-9(15(24-2)13(17)14(8)21-22)16-18-6-11-10(20-16)3-4-12(23)19-11/h3-7H,1-2H3,(H,19,23). The minimum Gasteiger partial charge on any atom is -0.493 e. The van der Waals surface area contributed by atoms with E-state index in [1.807, 2.05) is 0 Å². The van der Waals surface area contributed by atoms with Gasteiger partial charge in [-0.05, 0) is 12.1 Å². The number of nitrogens with one attached hydrogen (secondary N) is 1. The van der Waals surface area contributed by atoms with Crippen LogP contribution in [0.25, 0.3) is 33.3 Å². The molecule has 4 rings (SSSR count). The highest BCUT2D eigenvalue weighted by molar-refractivity contribution is 5.88. The Bertz CT molecular complexity index is 1150. The summed E-state index contributed by atoms with van der Waals surface area (Å²) in [4.78, 5) is 22.6. The maximum absolute atomic E-state index is 14.7. The van der Waals surface area contributed by atoms with E-state index in [9.17, 15) is 9.18 Å². The van der Waals surface area contributed by atoms with Crippen molar-refractivity contribution in [2.24, 2.45) is 7.05 Å². The third kappa shape index (κ3) is 2.11. The van der Waals surface area contributed by atoms with E-state index in [1.54, 1.807) is 25.4 Å². The van der Waals surface area contributed by atoms with Crippen molar-refractivity contribution < 1.29 is 9.13 Å². The van der Waals surface area contributed by atoms with Gasteiger partial charge in [0.25, 0.3) is 0 Å². The van der Waals surface area contributed by atoms with Crippen molar-refractivity contribution in [3.63, 3.8) is 0 Å². The number of nitrogens with zero attached hydrogens (tertiary/aromatic N) is 4. The molecule has 0 aliphatic carbocycles. The highest BCUT2D eigenvalue weighted by atomic mass is 19.1. The number of aromatic nitrogens is 5. The Kier molecular flexibility index (Phi) is 3.05. The quantitative estimate of drug-likeness (QED) is 0.609. The molecule has 0 atom stereocenters. The Morgan fingerprint density at radius 1 is 1.33 bits per heavy atom. The lowest BCUT2D eigenvalue weighted by Gasteiger charge is -2.09. The molecule has 0 bridgehead atoms. The normalized spacial score (nSPS) is 11.3. The Balaban J connectivity index is 2.01. The number of fused-ring (bicyclic) bond motifs is 2. The topological polar surface area (TPSA) is 85.7 Å². The van der Waals surface area contributed by atoms with E-state index in [0.29, 0.717) is 27.8 Å². The highest BCUT2D eigenvalue weighted by Gasteiger charge is 2.19. The summed E-state index contributed by atoms with van der Waals surface area (Å²) in [5.41, 5.74) is 1.47. The van der Waals surface area contributed by atoms with Crippen LogP contribution < -0.4 is 10.3 Å². The second kappa shape index (κ2) is 5.12. The van der Waals surface area contributed by atoms with Crippen LogP contribution in [0.3, 0.4) is 0 Å². The monoisotopic (exact) mass is 325 g/mol. The molecule has 0 aliphatic rings. The van der Waals surface area contributed by atoms with Gasteiger partial charge in [0, 0.05) is 24.7 Å². The number of H-pyrrole nitrogens is 1. The van der Waals surface area contributed by atoms with Gasteiger partial charge in [-0.25, -0.2) is 14.4 Å². The van der Waals surface area contributed by atoms with Crippen molar-refractivity contribution in [1.29, 1.82) is 0 Å². The molecule has 0 amide bonds. The van der Waals surface area contributed by atoms with E-state index in [2.05, 4.69) is 20.1 Å². The molecule has 0 saturated carbocycles. The predicted octanol–water partition coefficient (Wildman–Crippen LogP) is 2.02. The first-order valence-electron chi connectivity index (χ1n) is 7.13. The lowest BCUT2D eigenvalue weighted by Crippen LogP contribution is -2.04. The Labute approximate surface area is 134 Å². The van der Waals surface area contributed by atoms with Gasteiger partial charge in [-0.3, -0.25) is 9.48 Å². The molecule has 0 unspecified atom stereocenters. The summed E-state index contributed by atoms with van der Waals surface area (Å²) in [6, 6.07) is 4.70. The first kappa shape index (κ1) is 14.3. The molecule has 0 saturated heterocycles. The van der Waals surface area contributed by atoms with Gasteiger partial charge in [0.05, 0.1) is 29.9 Å². The minimum absolute atomic E-state index is 0.0324. The van der Waals surface area contributed by atoms with Crippen LogP contribution in [0.4, 0.5) is 4.39 Å². The highest BCUT2D eigenvalue weighted by Crippen LogP contribution is 2.35. The maximum Gasteiger partial charge on any atom is 0.248 e. The molecule has 0 fully saturated rings. The van der Waals surface area contributed by atoms with Crippen LogP contribution >= 0.6 is 0 Å². The molecule has 3 aromatic heterocycles. The van der Waals surface area contributed by atoms with E-state index < -0.39 is 5.82 Å². The molecular weight excluding hydrogens is 313 g/mol. The number of ether oxygens (including phenoxy) is 1.